The van der Waals surface area contributed by atoms with Gasteiger partial charge in [0, 0.05) is 18.0 Å². The Morgan fingerprint density at radius 2 is 2.17 bits per heavy atom. The Kier molecular flexibility index (Phi) is 4.06. The Bertz CT molecular complexity index is 1290. The van der Waals surface area contributed by atoms with Crippen LogP contribution in [0.2, 0.25) is 0 Å². The number of rotatable bonds is 5. The van der Waals surface area contributed by atoms with Crippen molar-refractivity contribution in [1.82, 2.24) is 14.5 Å². The van der Waals surface area contributed by atoms with E-state index in [1.54, 1.807) is 11.3 Å². The molecule has 1 aliphatic heterocycles. The number of primary amides is 1. The van der Waals surface area contributed by atoms with Crippen LogP contribution >= 0.6 is 11.3 Å². The first-order valence-corrected chi connectivity index (χ1v) is 11.3. The number of thiazole rings is 1. The number of fused-ring (bicyclic) bond motifs is 1. The molecule has 7 heteroatoms. The predicted molar refractivity (Wildman–Crippen MR) is 118 cm³/mol. The van der Waals surface area contributed by atoms with Gasteiger partial charge in [-0.1, -0.05) is 0 Å². The SMILES string of the molecule is NC(=O)[C@@H](Cc1cc2c3c(c1)nc(-c1ccc4ncsc4c1)n3CCCO2)C1CC1. The van der Waals surface area contributed by atoms with Gasteiger partial charge in [-0.25, -0.2) is 9.97 Å². The van der Waals surface area contributed by atoms with E-state index in [0.29, 0.717) is 18.9 Å². The standard InChI is InChI=1S/C23H22N4O2S/c24-22(28)16(14-2-3-14)8-13-9-18-21-19(10-13)29-7-1-6-27(21)23(26-18)15-4-5-17-20(11-15)30-12-25-17/h4-5,9-12,14,16H,1-3,6-8H2,(H2,24,28)/t16-/m0/s1. The number of hydrogen-bond donors (Lipinski definition) is 1. The first-order valence-electron chi connectivity index (χ1n) is 10.5. The lowest BCUT2D eigenvalue weighted by Crippen LogP contribution is -2.26. The summed E-state index contributed by atoms with van der Waals surface area (Å²) < 4.78 is 9.53. The number of carbonyl (C=O) groups is 1. The van der Waals surface area contributed by atoms with Crippen molar-refractivity contribution in [2.45, 2.75) is 32.2 Å². The van der Waals surface area contributed by atoms with E-state index in [0.717, 1.165) is 69.8 Å². The molecule has 2 aromatic heterocycles. The second-order valence-corrected chi connectivity index (χ2v) is 9.22. The van der Waals surface area contributed by atoms with E-state index in [1.165, 1.54) is 0 Å². The summed E-state index contributed by atoms with van der Waals surface area (Å²) in [7, 11) is 0. The molecular weight excluding hydrogens is 396 g/mol. The van der Waals surface area contributed by atoms with Gasteiger partial charge in [-0.3, -0.25) is 4.79 Å². The number of nitrogens with zero attached hydrogens (tertiary/aromatic N) is 3. The molecule has 1 fully saturated rings. The lowest BCUT2D eigenvalue weighted by atomic mass is 9.94. The van der Waals surface area contributed by atoms with Crippen LogP contribution in [-0.4, -0.2) is 27.0 Å². The maximum Gasteiger partial charge on any atom is 0.221 e. The second-order valence-electron chi connectivity index (χ2n) is 8.34. The number of aromatic nitrogens is 3. The van der Waals surface area contributed by atoms with Crippen LogP contribution in [0.25, 0.3) is 32.6 Å². The number of benzene rings is 2. The van der Waals surface area contributed by atoms with Crippen LogP contribution in [0.4, 0.5) is 0 Å². The zero-order valence-electron chi connectivity index (χ0n) is 16.5. The molecule has 0 unspecified atom stereocenters. The van der Waals surface area contributed by atoms with E-state index >= 15 is 0 Å². The number of ether oxygens (including phenoxy) is 1. The Balaban J connectivity index is 1.48. The quantitative estimate of drug-likeness (QED) is 0.528. The maximum atomic E-state index is 12.0. The van der Waals surface area contributed by atoms with Gasteiger partial charge < -0.3 is 15.0 Å². The van der Waals surface area contributed by atoms with Gasteiger partial charge in [-0.2, -0.15) is 0 Å². The minimum Gasteiger partial charge on any atom is -0.491 e. The highest BCUT2D eigenvalue weighted by Crippen LogP contribution is 2.40. The summed E-state index contributed by atoms with van der Waals surface area (Å²) >= 11 is 1.64. The van der Waals surface area contributed by atoms with E-state index in [2.05, 4.69) is 39.9 Å². The molecule has 3 heterocycles. The van der Waals surface area contributed by atoms with Gasteiger partial charge >= 0.3 is 0 Å². The van der Waals surface area contributed by atoms with Gasteiger partial charge in [0.2, 0.25) is 5.91 Å². The molecule has 1 atom stereocenters. The Labute approximate surface area is 177 Å². The molecule has 2 aliphatic rings. The molecule has 2 N–H and O–H groups in total. The fourth-order valence-corrected chi connectivity index (χ4v) is 5.32. The number of hydrogen-bond acceptors (Lipinski definition) is 5. The highest BCUT2D eigenvalue weighted by Gasteiger charge is 2.35. The van der Waals surface area contributed by atoms with Gasteiger partial charge in [0.1, 0.15) is 17.1 Å². The third kappa shape index (κ3) is 2.96. The Morgan fingerprint density at radius 3 is 3.00 bits per heavy atom. The van der Waals surface area contributed by atoms with Crippen molar-refractivity contribution in [2.75, 3.05) is 6.61 Å². The van der Waals surface area contributed by atoms with Crippen LogP contribution in [0.1, 0.15) is 24.8 Å². The van der Waals surface area contributed by atoms with E-state index in [-0.39, 0.29) is 11.8 Å². The van der Waals surface area contributed by atoms with Crippen molar-refractivity contribution >= 4 is 38.5 Å². The van der Waals surface area contributed by atoms with Crippen LogP contribution in [0.3, 0.4) is 0 Å². The summed E-state index contributed by atoms with van der Waals surface area (Å²) in [6.45, 7) is 1.54. The summed E-state index contributed by atoms with van der Waals surface area (Å²) in [6.07, 6.45) is 3.77. The lowest BCUT2D eigenvalue weighted by molar-refractivity contribution is -0.122. The molecule has 0 saturated heterocycles. The van der Waals surface area contributed by atoms with Gasteiger partial charge in [0.25, 0.3) is 0 Å². The van der Waals surface area contributed by atoms with Crippen molar-refractivity contribution in [2.24, 2.45) is 17.6 Å². The molecule has 0 bridgehead atoms. The van der Waals surface area contributed by atoms with Crippen LogP contribution in [0, 0.1) is 11.8 Å². The van der Waals surface area contributed by atoms with Crippen LogP contribution in [-0.2, 0) is 17.8 Å². The van der Waals surface area contributed by atoms with E-state index in [4.69, 9.17) is 15.5 Å². The number of carbonyl (C=O) groups excluding carboxylic acids is 1. The minimum absolute atomic E-state index is 0.101. The fourth-order valence-electron chi connectivity index (χ4n) is 4.60. The highest BCUT2D eigenvalue weighted by molar-refractivity contribution is 7.16. The topological polar surface area (TPSA) is 83.0 Å². The van der Waals surface area contributed by atoms with E-state index in [9.17, 15) is 4.79 Å². The molecule has 0 radical (unpaired) electrons. The molecule has 6 nitrogen and oxygen atoms in total. The Morgan fingerprint density at radius 1 is 1.27 bits per heavy atom. The molecule has 2 aromatic carbocycles. The molecule has 152 valence electrons. The lowest BCUT2D eigenvalue weighted by Gasteiger charge is -2.13. The van der Waals surface area contributed by atoms with Crippen molar-refractivity contribution in [1.29, 1.82) is 0 Å². The molecule has 1 aliphatic carbocycles. The average molecular weight is 419 g/mol. The first kappa shape index (κ1) is 17.9. The van der Waals surface area contributed by atoms with Crippen molar-refractivity contribution < 1.29 is 9.53 Å². The van der Waals surface area contributed by atoms with Crippen LogP contribution in [0.15, 0.2) is 35.8 Å². The van der Waals surface area contributed by atoms with Gasteiger partial charge in [-0.15, -0.1) is 11.3 Å². The largest absolute Gasteiger partial charge is 0.491 e. The van der Waals surface area contributed by atoms with Crippen LogP contribution in [0.5, 0.6) is 5.75 Å². The normalized spacial score (nSPS) is 17.1. The molecular formula is C23H22N4O2S. The van der Waals surface area contributed by atoms with Crippen LogP contribution < -0.4 is 10.5 Å². The molecule has 6 rings (SSSR count). The summed E-state index contributed by atoms with van der Waals surface area (Å²) in [5.41, 5.74) is 12.7. The molecule has 4 aromatic rings. The monoisotopic (exact) mass is 418 g/mol. The van der Waals surface area contributed by atoms with Crippen molar-refractivity contribution in [3.05, 3.63) is 41.4 Å². The molecule has 0 spiro atoms. The zero-order chi connectivity index (χ0) is 20.2. The minimum atomic E-state index is -0.201. The van der Waals surface area contributed by atoms with Crippen molar-refractivity contribution in [3.8, 4) is 17.1 Å². The van der Waals surface area contributed by atoms with Gasteiger partial charge in [-0.05, 0) is 67.5 Å². The third-order valence-electron chi connectivity index (χ3n) is 6.25. The fraction of sp³-hybridized carbons (Fsp3) is 0.348. The molecule has 1 saturated carbocycles. The summed E-state index contributed by atoms with van der Waals surface area (Å²) in [6, 6.07) is 10.5. The highest BCUT2D eigenvalue weighted by atomic mass is 32.1. The number of nitrogens with two attached hydrogens (primary N) is 1. The maximum absolute atomic E-state index is 12.0. The zero-order valence-corrected chi connectivity index (χ0v) is 17.3. The van der Waals surface area contributed by atoms with E-state index < -0.39 is 0 Å². The molecule has 30 heavy (non-hydrogen) atoms. The summed E-state index contributed by atoms with van der Waals surface area (Å²) in [4.78, 5) is 21.4. The number of aryl methyl sites for hydroxylation is 1. The summed E-state index contributed by atoms with van der Waals surface area (Å²) in [5, 5.41) is 0. The third-order valence-corrected chi connectivity index (χ3v) is 7.04. The number of amides is 1. The van der Waals surface area contributed by atoms with E-state index in [1.807, 2.05) is 5.51 Å². The van der Waals surface area contributed by atoms with Crippen molar-refractivity contribution in [3.63, 3.8) is 0 Å². The summed E-state index contributed by atoms with van der Waals surface area (Å²) in [5.74, 6) is 1.94. The first-order chi connectivity index (χ1) is 14.7. The average Bonchev–Trinajstić information content (AvgIpc) is 3.40. The molecule has 1 amide bonds. The number of imidazole rings is 1. The smallest absolute Gasteiger partial charge is 0.221 e. The van der Waals surface area contributed by atoms with Gasteiger partial charge in [0.15, 0.2) is 0 Å². The Hall–Kier alpha value is -2.93. The second kappa shape index (κ2) is 6.80. The predicted octanol–water partition coefficient (Wildman–Crippen LogP) is 4.15. The van der Waals surface area contributed by atoms with Gasteiger partial charge in [0.05, 0.1) is 27.9 Å².